The number of halogens is 1. The molecule has 23 heavy (non-hydrogen) atoms. The van der Waals surface area contributed by atoms with E-state index in [0.717, 1.165) is 4.90 Å². The Morgan fingerprint density at radius 3 is 2.91 bits per heavy atom. The number of thioether (sulfide) groups is 1. The molecule has 1 aliphatic heterocycles. The summed E-state index contributed by atoms with van der Waals surface area (Å²) in [5.74, 6) is -0.983. The predicted octanol–water partition coefficient (Wildman–Crippen LogP) is 3.62. The van der Waals surface area contributed by atoms with Crippen LogP contribution in [0.3, 0.4) is 0 Å². The van der Waals surface area contributed by atoms with Gasteiger partial charge in [0.25, 0.3) is 0 Å². The van der Waals surface area contributed by atoms with E-state index < -0.39 is 5.97 Å². The summed E-state index contributed by atoms with van der Waals surface area (Å²) in [7, 11) is 0. The van der Waals surface area contributed by atoms with Crippen LogP contribution in [0, 0.1) is 5.82 Å². The van der Waals surface area contributed by atoms with Gasteiger partial charge in [0.15, 0.2) is 0 Å². The second kappa shape index (κ2) is 6.42. The van der Waals surface area contributed by atoms with Crippen molar-refractivity contribution in [1.29, 1.82) is 0 Å². The van der Waals surface area contributed by atoms with Crippen LogP contribution in [0.25, 0.3) is 0 Å². The van der Waals surface area contributed by atoms with Crippen molar-refractivity contribution in [3.8, 4) is 0 Å². The zero-order chi connectivity index (χ0) is 16.4. The first-order valence-corrected chi connectivity index (χ1v) is 7.94. The van der Waals surface area contributed by atoms with Crippen molar-refractivity contribution in [3.63, 3.8) is 0 Å². The Bertz CT molecular complexity index is 778. The minimum Gasteiger partial charge on any atom is -0.457 e. The molecule has 3 rings (SSSR count). The third-order valence-electron chi connectivity index (χ3n) is 3.41. The maximum absolute atomic E-state index is 13.1. The van der Waals surface area contributed by atoms with Crippen molar-refractivity contribution in [2.75, 3.05) is 5.32 Å². The van der Waals surface area contributed by atoms with Gasteiger partial charge < -0.3 is 10.1 Å². The number of rotatable bonds is 3. The number of esters is 1. The average Bonchev–Trinajstić information content (AvgIpc) is 2.53. The Morgan fingerprint density at radius 1 is 1.30 bits per heavy atom. The number of amides is 1. The van der Waals surface area contributed by atoms with Crippen LogP contribution in [0.5, 0.6) is 0 Å². The third-order valence-corrected chi connectivity index (χ3v) is 4.58. The van der Waals surface area contributed by atoms with Crippen molar-refractivity contribution in [1.82, 2.24) is 0 Å². The van der Waals surface area contributed by atoms with E-state index in [2.05, 4.69) is 5.32 Å². The number of anilines is 1. The van der Waals surface area contributed by atoms with Crippen LogP contribution in [-0.2, 0) is 16.1 Å². The largest absolute Gasteiger partial charge is 0.457 e. The summed E-state index contributed by atoms with van der Waals surface area (Å²) in [5, 5.41) is 2.61. The van der Waals surface area contributed by atoms with E-state index in [1.165, 1.54) is 23.9 Å². The molecule has 2 aromatic rings. The van der Waals surface area contributed by atoms with Crippen LogP contribution in [-0.4, -0.2) is 17.1 Å². The zero-order valence-corrected chi connectivity index (χ0v) is 13.2. The SMILES string of the molecule is CC1Sc2ccc(C(=O)OCc3cccc(F)c3)cc2NC1=O. The summed E-state index contributed by atoms with van der Waals surface area (Å²) in [5.41, 5.74) is 1.53. The second-order valence-corrected chi connectivity index (χ2v) is 6.55. The van der Waals surface area contributed by atoms with Crippen molar-refractivity contribution in [2.45, 2.75) is 23.7 Å². The third kappa shape index (κ3) is 3.53. The second-order valence-electron chi connectivity index (χ2n) is 5.17. The summed E-state index contributed by atoms with van der Waals surface area (Å²) in [4.78, 5) is 24.7. The Hall–Kier alpha value is -2.34. The standard InChI is InChI=1S/C17H14FNO3S/c1-10-16(20)19-14-8-12(5-6-15(14)23-10)17(21)22-9-11-3-2-4-13(18)7-11/h2-8,10H,9H2,1H3,(H,19,20). The van der Waals surface area contributed by atoms with Gasteiger partial charge >= 0.3 is 5.97 Å². The van der Waals surface area contributed by atoms with Crippen LogP contribution in [0.15, 0.2) is 47.4 Å². The molecular weight excluding hydrogens is 317 g/mol. The first kappa shape index (κ1) is 15.6. The van der Waals surface area contributed by atoms with Gasteiger partial charge in [0.2, 0.25) is 5.91 Å². The minimum absolute atomic E-state index is 0.00811. The van der Waals surface area contributed by atoms with Gasteiger partial charge in [-0.2, -0.15) is 0 Å². The van der Waals surface area contributed by atoms with Crippen LogP contribution in [0.2, 0.25) is 0 Å². The predicted molar refractivity (Wildman–Crippen MR) is 85.9 cm³/mol. The first-order valence-electron chi connectivity index (χ1n) is 7.06. The van der Waals surface area contributed by atoms with Crippen molar-refractivity contribution < 1.29 is 18.7 Å². The molecule has 118 valence electrons. The minimum atomic E-state index is -0.519. The lowest BCUT2D eigenvalue weighted by molar-refractivity contribution is -0.115. The van der Waals surface area contributed by atoms with Crippen LogP contribution in [0.4, 0.5) is 10.1 Å². The highest BCUT2D eigenvalue weighted by molar-refractivity contribution is 8.00. The molecule has 0 saturated heterocycles. The Balaban J connectivity index is 1.71. The Kier molecular flexibility index (Phi) is 4.34. The molecule has 0 aromatic heterocycles. The van der Waals surface area contributed by atoms with Crippen LogP contribution >= 0.6 is 11.8 Å². The summed E-state index contributed by atoms with van der Waals surface area (Å²) >= 11 is 1.45. The van der Waals surface area contributed by atoms with E-state index in [9.17, 15) is 14.0 Å². The topological polar surface area (TPSA) is 55.4 Å². The molecule has 6 heteroatoms. The molecule has 1 heterocycles. The van der Waals surface area contributed by atoms with Gasteiger partial charge in [-0.1, -0.05) is 12.1 Å². The molecule has 1 aliphatic rings. The molecule has 2 aromatic carbocycles. The van der Waals surface area contributed by atoms with Gasteiger partial charge in [-0.05, 0) is 42.8 Å². The fraction of sp³-hybridized carbons (Fsp3) is 0.176. The van der Waals surface area contributed by atoms with Crippen LogP contribution < -0.4 is 5.32 Å². The molecule has 0 bridgehead atoms. The summed E-state index contributed by atoms with van der Waals surface area (Å²) in [6.45, 7) is 1.82. The average molecular weight is 331 g/mol. The van der Waals surface area contributed by atoms with Gasteiger partial charge in [-0.25, -0.2) is 9.18 Å². The van der Waals surface area contributed by atoms with E-state index in [0.29, 0.717) is 16.8 Å². The fourth-order valence-electron chi connectivity index (χ4n) is 2.19. The normalized spacial score (nSPS) is 16.4. The van der Waals surface area contributed by atoms with Gasteiger partial charge in [0, 0.05) is 4.90 Å². The Morgan fingerprint density at radius 2 is 2.13 bits per heavy atom. The van der Waals surface area contributed by atoms with Crippen molar-refractivity contribution in [3.05, 3.63) is 59.4 Å². The molecule has 1 N–H and O–H groups in total. The molecule has 1 amide bonds. The van der Waals surface area contributed by atoms with Crippen molar-refractivity contribution >= 4 is 29.3 Å². The molecule has 4 nitrogen and oxygen atoms in total. The van der Waals surface area contributed by atoms with E-state index >= 15 is 0 Å². The number of benzene rings is 2. The highest BCUT2D eigenvalue weighted by atomic mass is 32.2. The number of carbonyl (C=O) groups excluding carboxylic acids is 2. The molecule has 0 spiro atoms. The highest BCUT2D eigenvalue weighted by Crippen LogP contribution is 2.36. The number of fused-ring (bicyclic) bond motifs is 1. The quantitative estimate of drug-likeness (QED) is 0.873. The van der Waals surface area contributed by atoms with Crippen LogP contribution in [0.1, 0.15) is 22.8 Å². The van der Waals surface area contributed by atoms with Crippen molar-refractivity contribution in [2.24, 2.45) is 0 Å². The fourth-order valence-corrected chi connectivity index (χ4v) is 3.13. The molecule has 0 radical (unpaired) electrons. The molecule has 0 fully saturated rings. The monoisotopic (exact) mass is 331 g/mol. The number of hydrogen-bond acceptors (Lipinski definition) is 4. The van der Waals surface area contributed by atoms with E-state index in [1.54, 1.807) is 30.3 Å². The van der Waals surface area contributed by atoms with E-state index in [-0.39, 0.29) is 23.6 Å². The van der Waals surface area contributed by atoms with Gasteiger partial charge in [-0.15, -0.1) is 11.8 Å². The Labute approximate surface area is 137 Å². The molecule has 1 unspecified atom stereocenters. The first-order chi connectivity index (χ1) is 11.0. The van der Waals surface area contributed by atoms with E-state index in [1.807, 2.05) is 6.92 Å². The molecule has 1 atom stereocenters. The van der Waals surface area contributed by atoms with E-state index in [4.69, 9.17) is 4.74 Å². The number of carbonyl (C=O) groups is 2. The maximum atomic E-state index is 13.1. The number of ether oxygens (including phenoxy) is 1. The van der Waals surface area contributed by atoms with Gasteiger partial charge in [0.1, 0.15) is 12.4 Å². The summed E-state index contributed by atoms with van der Waals surface area (Å²) < 4.78 is 18.3. The lowest BCUT2D eigenvalue weighted by atomic mass is 10.2. The molecular formula is C17H14FNO3S. The molecule has 0 saturated carbocycles. The summed E-state index contributed by atoms with van der Waals surface area (Å²) in [6.07, 6.45) is 0. The van der Waals surface area contributed by atoms with Gasteiger partial charge in [0.05, 0.1) is 16.5 Å². The number of hydrogen-bond donors (Lipinski definition) is 1. The summed E-state index contributed by atoms with van der Waals surface area (Å²) in [6, 6.07) is 10.9. The number of nitrogens with one attached hydrogen (secondary N) is 1. The maximum Gasteiger partial charge on any atom is 0.338 e. The zero-order valence-electron chi connectivity index (χ0n) is 12.3. The van der Waals surface area contributed by atoms with Gasteiger partial charge in [-0.3, -0.25) is 4.79 Å². The highest BCUT2D eigenvalue weighted by Gasteiger charge is 2.24. The lowest BCUT2D eigenvalue weighted by Crippen LogP contribution is -2.26. The molecule has 0 aliphatic carbocycles. The lowest BCUT2D eigenvalue weighted by Gasteiger charge is -2.21. The smallest absolute Gasteiger partial charge is 0.338 e.